The van der Waals surface area contributed by atoms with Gasteiger partial charge in [0.05, 0.1) is 0 Å². The van der Waals surface area contributed by atoms with Crippen molar-refractivity contribution in [3.63, 3.8) is 0 Å². The fourth-order valence-electron chi connectivity index (χ4n) is 2.21. The van der Waals surface area contributed by atoms with Crippen LogP contribution in [-0.2, 0) is 4.79 Å². The number of rotatable bonds is 5. The molecule has 0 aliphatic heterocycles. The molecule has 0 radical (unpaired) electrons. The van der Waals surface area contributed by atoms with Crippen molar-refractivity contribution in [1.29, 1.82) is 0 Å². The van der Waals surface area contributed by atoms with Crippen LogP contribution in [0.25, 0.3) is 10.9 Å². The number of aromatic nitrogens is 1. The lowest BCUT2D eigenvalue weighted by Gasteiger charge is -2.18. The summed E-state index contributed by atoms with van der Waals surface area (Å²) in [7, 11) is 0. The number of nitrogens with one attached hydrogen (secondary N) is 1. The van der Waals surface area contributed by atoms with E-state index in [1.807, 2.05) is 32.0 Å². The number of carboxylic acids is 1. The van der Waals surface area contributed by atoms with Gasteiger partial charge in [-0.2, -0.15) is 0 Å². The van der Waals surface area contributed by atoms with E-state index >= 15 is 0 Å². The summed E-state index contributed by atoms with van der Waals surface area (Å²) in [5.74, 6) is -1.28. The number of carbonyl (C=O) groups is 2. The Morgan fingerprint density at radius 2 is 2.05 bits per heavy atom. The van der Waals surface area contributed by atoms with Gasteiger partial charge in [0.25, 0.3) is 5.91 Å². The lowest BCUT2D eigenvalue weighted by Crippen LogP contribution is -2.36. The molecule has 2 aromatic rings. The standard InChI is InChI=1S/C15H18N2O3/c1-3-6-17(9-14(18)19)15(20)13-8-11-5-4-10(2)7-12(11)16-13/h4-5,7-8,16H,3,6,9H2,1-2H3,(H,18,19). The van der Waals surface area contributed by atoms with Gasteiger partial charge in [-0.25, -0.2) is 0 Å². The summed E-state index contributed by atoms with van der Waals surface area (Å²) >= 11 is 0. The molecular weight excluding hydrogens is 256 g/mol. The second-order valence-electron chi connectivity index (χ2n) is 4.89. The number of aliphatic carboxylic acids is 1. The highest BCUT2D eigenvalue weighted by atomic mass is 16.4. The van der Waals surface area contributed by atoms with Gasteiger partial charge >= 0.3 is 5.97 Å². The van der Waals surface area contributed by atoms with E-state index in [9.17, 15) is 9.59 Å². The van der Waals surface area contributed by atoms with Crippen LogP contribution in [0.4, 0.5) is 0 Å². The number of fused-ring (bicyclic) bond motifs is 1. The van der Waals surface area contributed by atoms with Crippen molar-refractivity contribution in [2.45, 2.75) is 20.3 Å². The number of carbonyl (C=O) groups excluding carboxylic acids is 1. The number of amides is 1. The maximum Gasteiger partial charge on any atom is 0.323 e. The number of aryl methyl sites for hydroxylation is 1. The van der Waals surface area contributed by atoms with Crippen LogP contribution in [0.1, 0.15) is 29.4 Å². The number of benzene rings is 1. The summed E-state index contributed by atoms with van der Waals surface area (Å²) in [5.41, 5.74) is 2.43. The molecule has 5 nitrogen and oxygen atoms in total. The molecule has 5 heteroatoms. The van der Waals surface area contributed by atoms with Gasteiger partial charge in [-0.3, -0.25) is 9.59 Å². The van der Waals surface area contributed by atoms with Crippen LogP contribution in [0.15, 0.2) is 24.3 Å². The third-order valence-electron chi connectivity index (χ3n) is 3.12. The minimum atomic E-state index is -1.00. The quantitative estimate of drug-likeness (QED) is 0.879. The van der Waals surface area contributed by atoms with E-state index in [0.29, 0.717) is 12.2 Å². The molecule has 1 aromatic carbocycles. The summed E-state index contributed by atoms with van der Waals surface area (Å²) < 4.78 is 0. The largest absolute Gasteiger partial charge is 0.480 e. The van der Waals surface area contributed by atoms with Crippen molar-refractivity contribution in [3.05, 3.63) is 35.5 Å². The highest BCUT2D eigenvalue weighted by molar-refractivity contribution is 5.99. The van der Waals surface area contributed by atoms with E-state index in [2.05, 4.69) is 4.98 Å². The molecule has 0 aliphatic carbocycles. The smallest absolute Gasteiger partial charge is 0.323 e. The normalized spacial score (nSPS) is 10.7. The van der Waals surface area contributed by atoms with Crippen molar-refractivity contribution in [2.75, 3.05) is 13.1 Å². The number of hydrogen-bond donors (Lipinski definition) is 2. The van der Waals surface area contributed by atoms with E-state index in [-0.39, 0.29) is 12.5 Å². The second kappa shape index (κ2) is 5.77. The first-order valence-corrected chi connectivity index (χ1v) is 6.61. The fourth-order valence-corrected chi connectivity index (χ4v) is 2.21. The van der Waals surface area contributed by atoms with Gasteiger partial charge in [0.1, 0.15) is 12.2 Å². The van der Waals surface area contributed by atoms with Crippen molar-refractivity contribution < 1.29 is 14.7 Å². The minimum Gasteiger partial charge on any atom is -0.480 e. The molecule has 0 fully saturated rings. The van der Waals surface area contributed by atoms with Gasteiger partial charge in [0.2, 0.25) is 0 Å². The summed E-state index contributed by atoms with van der Waals surface area (Å²) in [6.45, 7) is 4.05. The molecule has 1 heterocycles. The molecule has 1 amide bonds. The molecule has 0 saturated heterocycles. The molecule has 0 bridgehead atoms. The molecule has 0 unspecified atom stereocenters. The first-order chi connectivity index (χ1) is 9.51. The average Bonchev–Trinajstić information content (AvgIpc) is 2.79. The van der Waals surface area contributed by atoms with Crippen LogP contribution < -0.4 is 0 Å². The third-order valence-corrected chi connectivity index (χ3v) is 3.12. The Balaban J connectivity index is 2.30. The minimum absolute atomic E-state index is 0.275. The van der Waals surface area contributed by atoms with Gasteiger partial charge in [-0.15, -0.1) is 0 Å². The molecule has 0 saturated carbocycles. The van der Waals surface area contributed by atoms with Crippen LogP contribution >= 0.6 is 0 Å². The number of aromatic amines is 1. The van der Waals surface area contributed by atoms with Crippen LogP contribution in [-0.4, -0.2) is 40.0 Å². The average molecular weight is 274 g/mol. The summed E-state index contributed by atoms with van der Waals surface area (Å²) in [5, 5.41) is 9.83. The van der Waals surface area contributed by atoms with Gasteiger partial charge in [-0.1, -0.05) is 19.1 Å². The zero-order chi connectivity index (χ0) is 14.7. The van der Waals surface area contributed by atoms with Gasteiger partial charge in [0.15, 0.2) is 0 Å². The highest BCUT2D eigenvalue weighted by Gasteiger charge is 2.19. The molecule has 0 spiro atoms. The lowest BCUT2D eigenvalue weighted by atomic mass is 10.2. The third kappa shape index (κ3) is 2.99. The highest BCUT2D eigenvalue weighted by Crippen LogP contribution is 2.18. The molecule has 2 N–H and O–H groups in total. The maximum atomic E-state index is 12.4. The van der Waals surface area contributed by atoms with Crippen molar-refractivity contribution in [3.8, 4) is 0 Å². The second-order valence-corrected chi connectivity index (χ2v) is 4.89. The predicted molar refractivity (Wildman–Crippen MR) is 76.9 cm³/mol. The zero-order valence-electron chi connectivity index (χ0n) is 11.6. The molecule has 0 aliphatic rings. The fraction of sp³-hybridized carbons (Fsp3) is 0.333. The van der Waals surface area contributed by atoms with Crippen molar-refractivity contribution in [1.82, 2.24) is 9.88 Å². The van der Waals surface area contributed by atoms with E-state index < -0.39 is 5.97 Å². The van der Waals surface area contributed by atoms with E-state index in [0.717, 1.165) is 22.9 Å². The number of nitrogens with zero attached hydrogens (tertiary/aromatic N) is 1. The molecular formula is C15H18N2O3. The van der Waals surface area contributed by atoms with E-state index in [1.165, 1.54) is 4.90 Å². The number of hydrogen-bond acceptors (Lipinski definition) is 2. The number of carboxylic acid groups (broad SMARTS) is 1. The first kappa shape index (κ1) is 14.1. The van der Waals surface area contributed by atoms with E-state index in [4.69, 9.17) is 5.11 Å². The van der Waals surface area contributed by atoms with Crippen molar-refractivity contribution >= 4 is 22.8 Å². The van der Waals surface area contributed by atoms with Crippen LogP contribution in [0.2, 0.25) is 0 Å². The Kier molecular flexibility index (Phi) is 4.08. The Morgan fingerprint density at radius 1 is 1.30 bits per heavy atom. The topological polar surface area (TPSA) is 73.4 Å². The molecule has 0 atom stereocenters. The Labute approximate surface area is 117 Å². The Bertz CT molecular complexity index is 646. The van der Waals surface area contributed by atoms with Crippen LogP contribution in [0.3, 0.4) is 0 Å². The molecule has 2 rings (SSSR count). The van der Waals surface area contributed by atoms with Crippen LogP contribution in [0.5, 0.6) is 0 Å². The van der Waals surface area contributed by atoms with Gasteiger partial charge in [0, 0.05) is 17.4 Å². The molecule has 1 aromatic heterocycles. The van der Waals surface area contributed by atoms with Crippen molar-refractivity contribution in [2.24, 2.45) is 0 Å². The zero-order valence-corrected chi connectivity index (χ0v) is 11.6. The summed E-state index contributed by atoms with van der Waals surface area (Å²) in [4.78, 5) is 27.6. The monoisotopic (exact) mass is 274 g/mol. The summed E-state index contributed by atoms with van der Waals surface area (Å²) in [6.07, 6.45) is 0.721. The van der Waals surface area contributed by atoms with E-state index in [1.54, 1.807) is 6.07 Å². The molecule has 106 valence electrons. The lowest BCUT2D eigenvalue weighted by molar-refractivity contribution is -0.137. The maximum absolute atomic E-state index is 12.4. The predicted octanol–water partition coefficient (Wildman–Crippen LogP) is 2.41. The van der Waals surface area contributed by atoms with Gasteiger partial charge < -0.3 is 15.0 Å². The first-order valence-electron chi connectivity index (χ1n) is 6.61. The SMILES string of the molecule is CCCN(CC(=O)O)C(=O)c1cc2ccc(C)cc2[nH]1. The summed E-state index contributed by atoms with van der Waals surface area (Å²) in [6, 6.07) is 7.65. The molecule has 20 heavy (non-hydrogen) atoms. The Hall–Kier alpha value is -2.30. The Morgan fingerprint density at radius 3 is 2.70 bits per heavy atom. The number of H-pyrrole nitrogens is 1. The van der Waals surface area contributed by atoms with Crippen LogP contribution in [0, 0.1) is 6.92 Å². The van der Waals surface area contributed by atoms with Gasteiger partial charge in [-0.05, 0) is 31.0 Å².